The smallest absolute Gasteiger partial charge is 0.205 e. The highest BCUT2D eigenvalue weighted by Gasteiger charge is 2.37. The lowest BCUT2D eigenvalue weighted by Gasteiger charge is -2.35. The molecule has 1 aliphatic carbocycles. The summed E-state index contributed by atoms with van der Waals surface area (Å²) in [6.45, 7) is 2.26. The number of nitriles is 1. The van der Waals surface area contributed by atoms with Crippen molar-refractivity contribution in [1.82, 2.24) is 0 Å². The van der Waals surface area contributed by atoms with E-state index in [0.29, 0.717) is 11.5 Å². The number of ether oxygens (including phenoxy) is 1. The standard InChI is InChI=1S/C20H18N2OS2/c1-12-8-13(10-14-4-2-6-24-14)19-15(9-12)18(17-5-3-7-25-17)16(11-21)20(22)23-19/h2-7,10,12,18H,8-9,22H2,1H3/b13-10+/t12-,18-/m1/s1. The van der Waals surface area contributed by atoms with Crippen LogP contribution in [0.2, 0.25) is 0 Å². The SMILES string of the molecule is C[C@H]1CC2=C(OC(N)=C(C#N)[C@@H]2c2cccs2)/C(=C/c2cccs2)C1. The van der Waals surface area contributed by atoms with Gasteiger partial charge in [0, 0.05) is 9.75 Å². The Balaban J connectivity index is 1.87. The summed E-state index contributed by atoms with van der Waals surface area (Å²) in [6, 6.07) is 10.5. The van der Waals surface area contributed by atoms with E-state index in [0.717, 1.165) is 23.5 Å². The van der Waals surface area contributed by atoms with E-state index in [1.807, 2.05) is 11.4 Å². The van der Waals surface area contributed by atoms with E-state index >= 15 is 0 Å². The highest BCUT2D eigenvalue weighted by atomic mass is 32.1. The molecule has 5 heteroatoms. The lowest BCUT2D eigenvalue weighted by molar-refractivity contribution is 0.269. The second-order valence-corrected chi connectivity index (χ2v) is 8.45. The molecule has 2 aromatic heterocycles. The fourth-order valence-electron chi connectivity index (χ4n) is 3.63. The molecule has 3 heterocycles. The number of hydrogen-bond acceptors (Lipinski definition) is 5. The fourth-order valence-corrected chi connectivity index (χ4v) is 5.18. The van der Waals surface area contributed by atoms with E-state index in [2.05, 4.69) is 42.6 Å². The third kappa shape index (κ3) is 2.92. The molecule has 0 aromatic carbocycles. The largest absolute Gasteiger partial charge is 0.440 e. The van der Waals surface area contributed by atoms with Crippen LogP contribution in [0.25, 0.3) is 6.08 Å². The minimum atomic E-state index is -0.0803. The minimum absolute atomic E-state index is 0.0803. The summed E-state index contributed by atoms with van der Waals surface area (Å²) in [5, 5.41) is 13.8. The van der Waals surface area contributed by atoms with Gasteiger partial charge in [-0.1, -0.05) is 19.1 Å². The molecule has 25 heavy (non-hydrogen) atoms. The number of nitrogens with zero attached hydrogens (tertiary/aromatic N) is 1. The van der Waals surface area contributed by atoms with Crippen molar-refractivity contribution in [2.24, 2.45) is 11.7 Å². The second kappa shape index (κ2) is 6.55. The molecule has 0 saturated carbocycles. The van der Waals surface area contributed by atoms with Gasteiger partial charge in [0.15, 0.2) is 0 Å². The van der Waals surface area contributed by atoms with Crippen LogP contribution in [0.4, 0.5) is 0 Å². The second-order valence-electron chi connectivity index (χ2n) is 6.49. The van der Waals surface area contributed by atoms with Gasteiger partial charge in [0.25, 0.3) is 0 Å². The van der Waals surface area contributed by atoms with E-state index in [9.17, 15) is 5.26 Å². The summed E-state index contributed by atoms with van der Waals surface area (Å²) in [7, 11) is 0. The van der Waals surface area contributed by atoms with E-state index < -0.39 is 0 Å². The monoisotopic (exact) mass is 366 g/mol. The van der Waals surface area contributed by atoms with Gasteiger partial charge in [-0.05, 0) is 58.9 Å². The molecular formula is C20H18N2OS2. The Morgan fingerprint density at radius 1 is 1.24 bits per heavy atom. The molecule has 2 N–H and O–H groups in total. The van der Waals surface area contributed by atoms with Gasteiger partial charge in [-0.2, -0.15) is 5.26 Å². The van der Waals surface area contributed by atoms with Crippen LogP contribution in [-0.2, 0) is 4.74 Å². The van der Waals surface area contributed by atoms with E-state index in [-0.39, 0.29) is 11.8 Å². The maximum absolute atomic E-state index is 9.66. The first-order valence-electron chi connectivity index (χ1n) is 8.26. The Morgan fingerprint density at radius 3 is 2.72 bits per heavy atom. The molecule has 0 amide bonds. The van der Waals surface area contributed by atoms with Crippen LogP contribution in [-0.4, -0.2) is 0 Å². The number of nitrogens with two attached hydrogens (primary N) is 1. The van der Waals surface area contributed by atoms with Crippen molar-refractivity contribution in [2.75, 3.05) is 0 Å². The van der Waals surface area contributed by atoms with Crippen LogP contribution >= 0.6 is 22.7 Å². The Kier molecular flexibility index (Phi) is 4.24. The van der Waals surface area contributed by atoms with Gasteiger partial charge in [-0.3, -0.25) is 0 Å². The lowest BCUT2D eigenvalue weighted by atomic mass is 9.76. The Bertz CT molecular complexity index is 912. The number of allylic oxidation sites excluding steroid dienone is 3. The van der Waals surface area contributed by atoms with Crippen LogP contribution < -0.4 is 5.73 Å². The molecule has 0 fully saturated rings. The normalized spacial score (nSPS) is 24.9. The molecule has 2 atom stereocenters. The summed E-state index contributed by atoms with van der Waals surface area (Å²) in [5.41, 5.74) is 9.05. The van der Waals surface area contributed by atoms with Crippen LogP contribution in [0.1, 0.15) is 35.4 Å². The topological polar surface area (TPSA) is 59.0 Å². The highest BCUT2D eigenvalue weighted by Crippen LogP contribution is 2.49. The molecule has 0 saturated heterocycles. The summed E-state index contributed by atoms with van der Waals surface area (Å²) >= 11 is 3.38. The molecule has 4 rings (SSSR count). The number of hydrogen-bond donors (Lipinski definition) is 1. The molecule has 1 aliphatic heterocycles. The molecule has 0 unspecified atom stereocenters. The number of thiophene rings is 2. The molecule has 0 radical (unpaired) electrons. The van der Waals surface area contributed by atoms with Gasteiger partial charge in [0.1, 0.15) is 17.4 Å². The molecule has 126 valence electrons. The van der Waals surface area contributed by atoms with Crippen molar-refractivity contribution < 1.29 is 4.74 Å². The summed E-state index contributed by atoms with van der Waals surface area (Å²) in [4.78, 5) is 2.36. The average Bonchev–Trinajstić information content (AvgIpc) is 3.28. The molecule has 2 aliphatic rings. The van der Waals surface area contributed by atoms with Crippen molar-refractivity contribution in [3.05, 3.63) is 73.1 Å². The predicted octanol–water partition coefficient (Wildman–Crippen LogP) is 5.38. The molecule has 2 aromatic rings. The molecular weight excluding hydrogens is 348 g/mol. The highest BCUT2D eigenvalue weighted by molar-refractivity contribution is 7.10. The van der Waals surface area contributed by atoms with E-state index in [1.54, 1.807) is 22.7 Å². The Morgan fingerprint density at radius 2 is 2.04 bits per heavy atom. The molecule has 0 spiro atoms. The van der Waals surface area contributed by atoms with Crippen molar-refractivity contribution in [3.63, 3.8) is 0 Å². The quantitative estimate of drug-likeness (QED) is 0.776. The van der Waals surface area contributed by atoms with Crippen LogP contribution in [0.5, 0.6) is 0 Å². The number of rotatable bonds is 2. The van der Waals surface area contributed by atoms with Gasteiger partial charge >= 0.3 is 0 Å². The zero-order valence-corrected chi connectivity index (χ0v) is 15.5. The third-order valence-electron chi connectivity index (χ3n) is 4.64. The lowest BCUT2D eigenvalue weighted by Crippen LogP contribution is -2.25. The first kappa shape index (κ1) is 16.2. The van der Waals surface area contributed by atoms with Crippen LogP contribution in [0.3, 0.4) is 0 Å². The van der Waals surface area contributed by atoms with Crippen molar-refractivity contribution in [2.45, 2.75) is 25.7 Å². The maximum atomic E-state index is 9.66. The zero-order valence-electron chi connectivity index (χ0n) is 13.9. The van der Waals surface area contributed by atoms with Gasteiger partial charge in [-0.25, -0.2) is 0 Å². The van der Waals surface area contributed by atoms with Gasteiger partial charge in [-0.15, -0.1) is 22.7 Å². The molecule has 0 bridgehead atoms. The van der Waals surface area contributed by atoms with Crippen molar-refractivity contribution in [3.8, 4) is 6.07 Å². The summed E-state index contributed by atoms with van der Waals surface area (Å²) < 4.78 is 5.99. The fraction of sp³-hybridized carbons (Fsp3) is 0.250. The van der Waals surface area contributed by atoms with Crippen molar-refractivity contribution >= 4 is 28.7 Å². The van der Waals surface area contributed by atoms with Crippen LogP contribution in [0, 0.1) is 17.2 Å². The first-order valence-corrected chi connectivity index (χ1v) is 10.0. The van der Waals surface area contributed by atoms with E-state index in [4.69, 9.17) is 10.5 Å². The Labute approximate surface area is 155 Å². The zero-order chi connectivity index (χ0) is 17.4. The van der Waals surface area contributed by atoms with Crippen molar-refractivity contribution in [1.29, 1.82) is 5.26 Å². The van der Waals surface area contributed by atoms with Gasteiger partial charge in [0.2, 0.25) is 5.88 Å². The molecule has 3 nitrogen and oxygen atoms in total. The Hall–Kier alpha value is -2.29. The average molecular weight is 367 g/mol. The van der Waals surface area contributed by atoms with E-state index in [1.165, 1.54) is 16.0 Å². The minimum Gasteiger partial charge on any atom is -0.440 e. The maximum Gasteiger partial charge on any atom is 0.205 e. The van der Waals surface area contributed by atoms with Crippen LogP contribution in [0.15, 0.2) is 63.4 Å². The summed E-state index contributed by atoms with van der Waals surface area (Å²) in [5.74, 6) is 1.55. The third-order valence-corrected chi connectivity index (χ3v) is 6.40. The summed E-state index contributed by atoms with van der Waals surface area (Å²) in [6.07, 6.45) is 4.09. The van der Waals surface area contributed by atoms with Gasteiger partial charge < -0.3 is 10.5 Å². The van der Waals surface area contributed by atoms with Gasteiger partial charge in [0.05, 0.1) is 5.92 Å². The first-order chi connectivity index (χ1) is 12.2. The predicted molar refractivity (Wildman–Crippen MR) is 103 cm³/mol.